The van der Waals surface area contributed by atoms with Crippen LogP contribution >= 0.6 is 0 Å². The van der Waals surface area contributed by atoms with Gasteiger partial charge in [-0.1, -0.05) is 0 Å². The average Bonchev–Trinajstić information content (AvgIpc) is 3.42. The van der Waals surface area contributed by atoms with Gasteiger partial charge in [0.15, 0.2) is 23.2 Å². The molecule has 2 aliphatic heterocycles. The molecule has 1 saturated heterocycles. The number of rotatable bonds is 4. The molecule has 3 N–H and O–H groups in total. The van der Waals surface area contributed by atoms with Gasteiger partial charge in [-0.15, -0.1) is 0 Å². The lowest BCUT2D eigenvalue weighted by Gasteiger charge is -2.20. The summed E-state index contributed by atoms with van der Waals surface area (Å²) in [5.41, 5.74) is 8.67. The van der Waals surface area contributed by atoms with Crippen molar-refractivity contribution in [3.8, 4) is 17.0 Å². The first-order chi connectivity index (χ1) is 14.5. The fourth-order valence-corrected chi connectivity index (χ4v) is 4.53. The average molecular weight is 412 g/mol. The number of anilines is 1. The Balaban J connectivity index is 1.45. The summed E-state index contributed by atoms with van der Waals surface area (Å²) in [5.74, 6) is -1.15. The molecule has 0 unspecified atom stereocenters. The molecule has 9 heteroatoms. The van der Waals surface area contributed by atoms with E-state index >= 15 is 0 Å². The molecule has 156 valence electrons. The molecule has 5 heterocycles. The number of aryl methyl sites for hydroxylation is 1. The predicted molar refractivity (Wildman–Crippen MR) is 107 cm³/mol. The highest BCUT2D eigenvalue weighted by Crippen LogP contribution is 2.41. The van der Waals surface area contributed by atoms with Gasteiger partial charge in [-0.3, -0.25) is 9.67 Å². The van der Waals surface area contributed by atoms with Gasteiger partial charge >= 0.3 is 0 Å². The standard InChI is InChI=1S/C21H22F2N6O/c1-12(19-14(22)9-26-10-15(19)23)30-17-6-13(8-27-20(17)24)16-7-18-21(2-4-25-11-21)3-5-29(18)28-16/h6-10,12,25H,2-5,11H2,1H3,(H2,24,27)/t12-,21-/m1/s1. The van der Waals surface area contributed by atoms with E-state index in [1.54, 1.807) is 19.2 Å². The van der Waals surface area contributed by atoms with Gasteiger partial charge in [0.05, 0.1) is 23.7 Å². The lowest BCUT2D eigenvalue weighted by atomic mass is 9.82. The minimum Gasteiger partial charge on any atom is -0.482 e. The fraction of sp³-hybridized carbons (Fsp3) is 0.381. The molecule has 5 rings (SSSR count). The Labute approximate surface area is 172 Å². The highest BCUT2D eigenvalue weighted by atomic mass is 19.1. The third-order valence-electron chi connectivity index (χ3n) is 6.15. The number of hydrogen-bond acceptors (Lipinski definition) is 6. The van der Waals surface area contributed by atoms with Gasteiger partial charge in [-0.2, -0.15) is 5.10 Å². The molecule has 3 aromatic heterocycles. The number of nitrogen functional groups attached to an aromatic ring is 1. The van der Waals surface area contributed by atoms with Crippen LogP contribution in [0, 0.1) is 11.6 Å². The minimum absolute atomic E-state index is 0.142. The number of halogens is 2. The van der Waals surface area contributed by atoms with Crippen molar-refractivity contribution in [3.05, 3.63) is 53.6 Å². The monoisotopic (exact) mass is 412 g/mol. The van der Waals surface area contributed by atoms with Crippen molar-refractivity contribution >= 4 is 5.82 Å². The van der Waals surface area contributed by atoms with Crippen LogP contribution in [0.25, 0.3) is 11.3 Å². The van der Waals surface area contributed by atoms with Gasteiger partial charge in [-0.25, -0.2) is 13.8 Å². The smallest absolute Gasteiger partial charge is 0.166 e. The van der Waals surface area contributed by atoms with Gasteiger partial charge < -0.3 is 15.8 Å². The third-order valence-corrected chi connectivity index (χ3v) is 6.15. The van der Waals surface area contributed by atoms with Gasteiger partial charge in [0.2, 0.25) is 0 Å². The second-order valence-electron chi connectivity index (χ2n) is 7.98. The van der Waals surface area contributed by atoms with E-state index in [2.05, 4.69) is 26.0 Å². The molecule has 1 spiro atoms. The van der Waals surface area contributed by atoms with E-state index in [0.717, 1.165) is 56.1 Å². The van der Waals surface area contributed by atoms with Crippen molar-refractivity contribution in [3.63, 3.8) is 0 Å². The molecule has 0 bridgehead atoms. The van der Waals surface area contributed by atoms with Gasteiger partial charge in [0.1, 0.15) is 6.10 Å². The van der Waals surface area contributed by atoms with E-state index < -0.39 is 17.7 Å². The molecule has 30 heavy (non-hydrogen) atoms. The maximum absolute atomic E-state index is 14.0. The topological polar surface area (TPSA) is 90.9 Å². The minimum atomic E-state index is -0.910. The summed E-state index contributed by atoms with van der Waals surface area (Å²) in [6, 6.07) is 3.82. The molecular formula is C21H22F2N6O. The number of hydrogen-bond donors (Lipinski definition) is 2. The van der Waals surface area contributed by atoms with Crippen LogP contribution in [0.15, 0.2) is 30.7 Å². The molecule has 0 radical (unpaired) electrons. The molecule has 0 aromatic carbocycles. The van der Waals surface area contributed by atoms with Gasteiger partial charge in [-0.05, 0) is 38.4 Å². The van der Waals surface area contributed by atoms with Crippen molar-refractivity contribution in [1.82, 2.24) is 25.1 Å². The molecule has 2 aliphatic rings. The van der Waals surface area contributed by atoms with E-state index in [1.807, 2.05) is 0 Å². The molecule has 1 fully saturated rings. The van der Waals surface area contributed by atoms with Gasteiger partial charge in [0, 0.05) is 36.0 Å². The number of nitrogens with one attached hydrogen (secondary N) is 1. The van der Waals surface area contributed by atoms with Crippen LogP contribution in [-0.2, 0) is 12.0 Å². The van der Waals surface area contributed by atoms with Gasteiger partial charge in [0.25, 0.3) is 0 Å². The second-order valence-corrected chi connectivity index (χ2v) is 7.98. The molecule has 2 atom stereocenters. The summed E-state index contributed by atoms with van der Waals surface area (Å²) >= 11 is 0. The maximum atomic E-state index is 14.0. The normalized spacial score (nSPS) is 21.2. The quantitative estimate of drug-likeness (QED) is 0.685. The van der Waals surface area contributed by atoms with Crippen molar-refractivity contribution < 1.29 is 13.5 Å². The Morgan fingerprint density at radius 3 is 2.73 bits per heavy atom. The fourth-order valence-electron chi connectivity index (χ4n) is 4.53. The van der Waals surface area contributed by atoms with Crippen molar-refractivity contribution in [1.29, 1.82) is 0 Å². The van der Waals surface area contributed by atoms with Crippen molar-refractivity contribution in [2.24, 2.45) is 0 Å². The van der Waals surface area contributed by atoms with Crippen LogP contribution in [0.3, 0.4) is 0 Å². The first kappa shape index (κ1) is 18.9. The molecule has 0 amide bonds. The first-order valence-corrected chi connectivity index (χ1v) is 9.97. The summed E-state index contributed by atoms with van der Waals surface area (Å²) < 4.78 is 35.9. The summed E-state index contributed by atoms with van der Waals surface area (Å²) in [4.78, 5) is 7.71. The summed E-state index contributed by atoms with van der Waals surface area (Å²) in [5, 5.41) is 8.19. The van der Waals surface area contributed by atoms with Crippen molar-refractivity contribution in [2.45, 2.75) is 37.8 Å². The van der Waals surface area contributed by atoms with E-state index in [0.29, 0.717) is 0 Å². The molecule has 0 saturated carbocycles. The Kier molecular flexibility index (Phi) is 4.43. The Bertz CT molecular complexity index is 1090. The van der Waals surface area contributed by atoms with E-state index in [-0.39, 0.29) is 22.5 Å². The zero-order valence-electron chi connectivity index (χ0n) is 16.5. The second kappa shape index (κ2) is 7.02. The predicted octanol–water partition coefficient (Wildman–Crippen LogP) is 2.98. The van der Waals surface area contributed by atoms with E-state index in [9.17, 15) is 8.78 Å². The molecule has 0 aliphatic carbocycles. The Morgan fingerprint density at radius 2 is 2.00 bits per heavy atom. The maximum Gasteiger partial charge on any atom is 0.166 e. The summed E-state index contributed by atoms with van der Waals surface area (Å²) in [7, 11) is 0. The van der Waals surface area contributed by atoms with Crippen LogP contribution in [-0.4, -0.2) is 32.8 Å². The lowest BCUT2D eigenvalue weighted by Crippen LogP contribution is -2.25. The third kappa shape index (κ3) is 3.00. The van der Waals surface area contributed by atoms with Crippen LogP contribution < -0.4 is 15.8 Å². The number of fused-ring (bicyclic) bond motifs is 2. The number of ether oxygens (including phenoxy) is 1. The lowest BCUT2D eigenvalue weighted by molar-refractivity contribution is 0.215. The van der Waals surface area contributed by atoms with Crippen LogP contribution in [0.5, 0.6) is 5.75 Å². The van der Waals surface area contributed by atoms with E-state index in [1.165, 1.54) is 5.69 Å². The highest BCUT2D eigenvalue weighted by Gasteiger charge is 2.42. The highest BCUT2D eigenvalue weighted by molar-refractivity contribution is 5.64. The zero-order chi connectivity index (χ0) is 20.9. The number of nitrogens with zero attached hydrogens (tertiary/aromatic N) is 4. The van der Waals surface area contributed by atoms with Crippen molar-refractivity contribution in [2.75, 3.05) is 18.8 Å². The molecule has 3 aromatic rings. The molecular weight excluding hydrogens is 390 g/mol. The van der Waals surface area contributed by atoms with E-state index in [4.69, 9.17) is 15.6 Å². The van der Waals surface area contributed by atoms with Crippen LogP contribution in [0.1, 0.15) is 37.1 Å². The summed E-state index contributed by atoms with van der Waals surface area (Å²) in [6.45, 7) is 4.42. The number of aromatic nitrogens is 4. The first-order valence-electron chi connectivity index (χ1n) is 9.97. The number of nitrogens with two attached hydrogens (primary N) is 1. The largest absolute Gasteiger partial charge is 0.482 e. The number of pyridine rings is 2. The molecule has 7 nitrogen and oxygen atoms in total. The van der Waals surface area contributed by atoms with Crippen LogP contribution in [0.4, 0.5) is 14.6 Å². The Hall–Kier alpha value is -3.07. The van der Waals surface area contributed by atoms with Crippen LogP contribution in [0.2, 0.25) is 0 Å². The SMILES string of the molecule is C[C@@H](Oc1cc(-c2cc3n(n2)CC[C@@]32CCNC2)cnc1N)c1c(F)cncc1F. The Morgan fingerprint density at radius 1 is 1.20 bits per heavy atom. The zero-order valence-corrected chi connectivity index (χ0v) is 16.5. The summed E-state index contributed by atoms with van der Waals surface area (Å²) in [6.07, 6.45) is 4.84.